The second kappa shape index (κ2) is 9.55. The molecule has 0 fully saturated rings. The van der Waals surface area contributed by atoms with Crippen molar-refractivity contribution in [1.82, 2.24) is 15.1 Å². The number of nitrogens with zero attached hydrogens (tertiary/aromatic N) is 2. The first-order valence-electron chi connectivity index (χ1n) is 9.06. The molecule has 0 saturated carbocycles. The third-order valence-electron chi connectivity index (χ3n) is 4.13. The van der Waals surface area contributed by atoms with Gasteiger partial charge in [-0.2, -0.15) is 5.10 Å². The number of ether oxygens (including phenoxy) is 1. The first kappa shape index (κ1) is 21.0. The molecule has 1 N–H and O–H groups in total. The Bertz CT molecular complexity index is 787. The molecule has 0 unspecified atom stereocenters. The highest BCUT2D eigenvalue weighted by molar-refractivity contribution is 6.33. The Balaban J connectivity index is 1.96. The van der Waals surface area contributed by atoms with Gasteiger partial charge in [0, 0.05) is 6.04 Å². The molecule has 6 nitrogen and oxygen atoms in total. The first-order valence-corrected chi connectivity index (χ1v) is 9.44. The predicted molar refractivity (Wildman–Crippen MR) is 105 cm³/mol. The van der Waals surface area contributed by atoms with E-state index >= 15 is 0 Å². The molecule has 0 saturated heterocycles. The monoisotopic (exact) mass is 391 g/mol. The molecule has 1 heterocycles. The fourth-order valence-electron chi connectivity index (χ4n) is 2.65. The molecule has 2 rings (SSSR count). The van der Waals surface area contributed by atoms with Gasteiger partial charge in [-0.3, -0.25) is 4.79 Å². The largest absolute Gasteiger partial charge is 0.452 e. The lowest BCUT2D eigenvalue weighted by Crippen LogP contribution is -2.36. The SMILES string of the molecule is Cc1nn(-c2ccccc2)c(Cl)c1C(=O)OCC(=O)N[C@H](C)CCC(C)C. The predicted octanol–water partition coefficient (Wildman–Crippen LogP) is 3.93. The molecule has 146 valence electrons. The maximum Gasteiger partial charge on any atom is 0.343 e. The van der Waals surface area contributed by atoms with Crippen molar-refractivity contribution in [2.24, 2.45) is 5.92 Å². The Morgan fingerprint density at radius 1 is 1.19 bits per heavy atom. The summed E-state index contributed by atoms with van der Waals surface area (Å²) in [6.45, 7) is 7.54. The topological polar surface area (TPSA) is 73.2 Å². The Hall–Kier alpha value is -2.34. The highest BCUT2D eigenvalue weighted by atomic mass is 35.5. The zero-order chi connectivity index (χ0) is 20.0. The smallest absolute Gasteiger partial charge is 0.343 e. The van der Waals surface area contributed by atoms with E-state index in [1.807, 2.05) is 37.3 Å². The van der Waals surface area contributed by atoms with Gasteiger partial charge in [-0.25, -0.2) is 9.48 Å². The molecule has 27 heavy (non-hydrogen) atoms. The Morgan fingerprint density at radius 2 is 1.85 bits per heavy atom. The van der Waals surface area contributed by atoms with Gasteiger partial charge in [0.25, 0.3) is 5.91 Å². The number of amides is 1. The van der Waals surface area contributed by atoms with E-state index in [4.69, 9.17) is 16.3 Å². The molecule has 0 bridgehead atoms. The lowest BCUT2D eigenvalue weighted by atomic mass is 10.0. The van der Waals surface area contributed by atoms with E-state index in [1.54, 1.807) is 6.92 Å². The number of halogens is 1. The van der Waals surface area contributed by atoms with Gasteiger partial charge in [-0.15, -0.1) is 0 Å². The number of carbonyl (C=O) groups excluding carboxylic acids is 2. The summed E-state index contributed by atoms with van der Waals surface area (Å²) in [7, 11) is 0. The van der Waals surface area contributed by atoms with E-state index in [2.05, 4.69) is 24.3 Å². The number of aryl methyl sites for hydroxylation is 1. The van der Waals surface area contributed by atoms with Crippen LogP contribution in [0.15, 0.2) is 30.3 Å². The van der Waals surface area contributed by atoms with Crippen LogP contribution in [0.2, 0.25) is 5.15 Å². The highest BCUT2D eigenvalue weighted by Crippen LogP contribution is 2.24. The van der Waals surface area contributed by atoms with Gasteiger partial charge in [-0.05, 0) is 44.7 Å². The fraction of sp³-hybridized carbons (Fsp3) is 0.450. The summed E-state index contributed by atoms with van der Waals surface area (Å²) in [5.41, 5.74) is 1.35. The number of rotatable bonds is 8. The summed E-state index contributed by atoms with van der Waals surface area (Å²) in [6.07, 6.45) is 1.90. The van der Waals surface area contributed by atoms with Crippen molar-refractivity contribution in [3.63, 3.8) is 0 Å². The van der Waals surface area contributed by atoms with Crippen LogP contribution >= 0.6 is 11.6 Å². The summed E-state index contributed by atoms with van der Waals surface area (Å²) in [4.78, 5) is 24.4. The molecular weight excluding hydrogens is 366 g/mol. The number of aromatic nitrogens is 2. The maximum atomic E-state index is 12.4. The highest BCUT2D eigenvalue weighted by Gasteiger charge is 2.23. The third-order valence-corrected chi connectivity index (χ3v) is 4.48. The van der Waals surface area contributed by atoms with Crippen LogP contribution in [0.25, 0.3) is 5.69 Å². The molecule has 1 amide bonds. The van der Waals surface area contributed by atoms with Crippen LogP contribution in [-0.2, 0) is 9.53 Å². The quantitative estimate of drug-likeness (QED) is 0.692. The van der Waals surface area contributed by atoms with Gasteiger partial charge < -0.3 is 10.1 Å². The average Bonchev–Trinajstić information content (AvgIpc) is 2.93. The number of carbonyl (C=O) groups is 2. The molecule has 1 aromatic heterocycles. The standard InChI is InChI=1S/C20H26ClN3O3/c1-13(2)10-11-14(3)22-17(25)12-27-20(26)18-15(4)23-24(19(18)21)16-8-6-5-7-9-16/h5-9,13-14H,10-12H2,1-4H3,(H,22,25)/t14-/m1/s1. The van der Waals surface area contributed by atoms with Crippen molar-refractivity contribution in [1.29, 1.82) is 0 Å². The van der Waals surface area contributed by atoms with Crippen molar-refractivity contribution in [2.75, 3.05) is 6.61 Å². The zero-order valence-electron chi connectivity index (χ0n) is 16.2. The Labute approximate surface area is 164 Å². The molecule has 7 heteroatoms. The molecule has 0 aliphatic heterocycles. The van der Waals surface area contributed by atoms with E-state index < -0.39 is 5.97 Å². The zero-order valence-corrected chi connectivity index (χ0v) is 16.9. The van der Waals surface area contributed by atoms with E-state index in [9.17, 15) is 9.59 Å². The molecular formula is C20H26ClN3O3. The summed E-state index contributed by atoms with van der Waals surface area (Å²) in [5, 5.41) is 7.29. The molecule has 1 atom stereocenters. The number of benzene rings is 1. The third kappa shape index (κ3) is 5.82. The minimum atomic E-state index is -0.662. The molecule has 2 aromatic rings. The average molecular weight is 392 g/mol. The minimum absolute atomic E-state index is 0.0322. The van der Waals surface area contributed by atoms with Gasteiger partial charge in [0.1, 0.15) is 10.7 Å². The van der Waals surface area contributed by atoms with Crippen LogP contribution in [0, 0.1) is 12.8 Å². The van der Waals surface area contributed by atoms with Crippen LogP contribution < -0.4 is 5.32 Å². The number of para-hydroxylation sites is 1. The second-order valence-corrected chi connectivity index (χ2v) is 7.37. The molecule has 0 spiro atoms. The van der Waals surface area contributed by atoms with Gasteiger partial charge in [0.05, 0.1) is 11.4 Å². The molecule has 0 radical (unpaired) electrons. The normalized spacial score (nSPS) is 12.1. The van der Waals surface area contributed by atoms with Crippen LogP contribution in [0.5, 0.6) is 0 Å². The lowest BCUT2D eigenvalue weighted by molar-refractivity contribution is -0.124. The molecule has 0 aliphatic carbocycles. The number of hydrogen-bond acceptors (Lipinski definition) is 4. The fourth-order valence-corrected chi connectivity index (χ4v) is 3.00. The van der Waals surface area contributed by atoms with Crippen LogP contribution in [0.4, 0.5) is 0 Å². The summed E-state index contributed by atoms with van der Waals surface area (Å²) in [5.74, 6) is -0.415. The molecule has 1 aromatic carbocycles. The van der Waals surface area contributed by atoms with Crippen molar-refractivity contribution in [3.05, 3.63) is 46.7 Å². The van der Waals surface area contributed by atoms with Crippen molar-refractivity contribution in [3.8, 4) is 5.69 Å². The van der Waals surface area contributed by atoms with E-state index in [0.29, 0.717) is 11.6 Å². The van der Waals surface area contributed by atoms with Crippen molar-refractivity contribution < 1.29 is 14.3 Å². The van der Waals surface area contributed by atoms with Gasteiger partial charge in [0.15, 0.2) is 6.61 Å². The summed E-state index contributed by atoms with van der Waals surface area (Å²) < 4.78 is 6.61. The maximum absolute atomic E-state index is 12.4. The van der Waals surface area contributed by atoms with Crippen molar-refractivity contribution >= 4 is 23.5 Å². The Morgan fingerprint density at radius 3 is 2.48 bits per heavy atom. The number of esters is 1. The summed E-state index contributed by atoms with van der Waals surface area (Å²) in [6, 6.07) is 9.28. The van der Waals surface area contributed by atoms with Gasteiger partial charge in [-0.1, -0.05) is 43.6 Å². The molecule has 0 aliphatic rings. The first-order chi connectivity index (χ1) is 12.8. The summed E-state index contributed by atoms with van der Waals surface area (Å²) >= 11 is 6.33. The number of hydrogen-bond donors (Lipinski definition) is 1. The van der Waals surface area contributed by atoms with Crippen LogP contribution in [0.1, 0.15) is 49.7 Å². The van der Waals surface area contributed by atoms with Gasteiger partial charge >= 0.3 is 5.97 Å². The Kier molecular flexibility index (Phi) is 7.42. The lowest BCUT2D eigenvalue weighted by Gasteiger charge is -2.15. The minimum Gasteiger partial charge on any atom is -0.452 e. The van der Waals surface area contributed by atoms with Crippen molar-refractivity contribution in [2.45, 2.75) is 46.6 Å². The van der Waals surface area contributed by atoms with E-state index in [-0.39, 0.29) is 29.3 Å². The van der Waals surface area contributed by atoms with E-state index in [1.165, 1.54) is 4.68 Å². The number of nitrogens with one attached hydrogen (secondary N) is 1. The van der Waals surface area contributed by atoms with Gasteiger partial charge in [0.2, 0.25) is 0 Å². The van der Waals surface area contributed by atoms with Crippen LogP contribution in [-0.4, -0.2) is 34.3 Å². The van der Waals surface area contributed by atoms with E-state index in [0.717, 1.165) is 18.5 Å². The second-order valence-electron chi connectivity index (χ2n) is 7.01. The van der Waals surface area contributed by atoms with Crippen LogP contribution in [0.3, 0.4) is 0 Å².